The van der Waals surface area contributed by atoms with E-state index in [-0.39, 0.29) is 5.91 Å². The van der Waals surface area contributed by atoms with E-state index in [0.717, 1.165) is 17.9 Å². The lowest BCUT2D eigenvalue weighted by Gasteiger charge is -2.24. The zero-order valence-electron chi connectivity index (χ0n) is 14.3. The number of hydrogen-bond donors (Lipinski definition) is 0. The van der Waals surface area contributed by atoms with Crippen LogP contribution in [-0.4, -0.2) is 26.9 Å². The molecule has 0 unspecified atom stereocenters. The molecule has 1 aromatic heterocycles. The molecule has 0 bridgehead atoms. The van der Waals surface area contributed by atoms with Crippen molar-refractivity contribution in [3.05, 3.63) is 52.0 Å². The average molecular weight is 368 g/mol. The van der Waals surface area contributed by atoms with Gasteiger partial charge in [0.2, 0.25) is 5.91 Å². The second-order valence-electron chi connectivity index (χ2n) is 6.23. The van der Waals surface area contributed by atoms with Gasteiger partial charge in [0.1, 0.15) is 5.82 Å². The van der Waals surface area contributed by atoms with Crippen molar-refractivity contribution in [2.24, 2.45) is 5.92 Å². The van der Waals surface area contributed by atoms with E-state index >= 15 is 0 Å². The topological polar surface area (TPSA) is 38.1 Å². The van der Waals surface area contributed by atoms with Gasteiger partial charge >= 0.3 is 0 Å². The van der Waals surface area contributed by atoms with Gasteiger partial charge in [-0.3, -0.25) is 4.79 Å². The first-order valence-corrected chi connectivity index (χ1v) is 8.88. The molecule has 0 spiro atoms. The van der Waals surface area contributed by atoms with Crippen molar-refractivity contribution in [3.8, 4) is 0 Å². The van der Waals surface area contributed by atoms with Crippen LogP contribution in [0.1, 0.15) is 38.6 Å². The van der Waals surface area contributed by atoms with Gasteiger partial charge in [0.15, 0.2) is 0 Å². The Balaban J connectivity index is 2.18. The molecule has 130 valence electrons. The Morgan fingerprint density at radius 3 is 2.71 bits per heavy atom. The van der Waals surface area contributed by atoms with E-state index in [4.69, 9.17) is 23.2 Å². The molecule has 2 rings (SSSR count). The summed E-state index contributed by atoms with van der Waals surface area (Å²) in [4.78, 5) is 18.5. The Bertz CT molecular complexity index is 697. The predicted molar refractivity (Wildman–Crippen MR) is 98.3 cm³/mol. The Kier molecular flexibility index (Phi) is 6.69. The first-order valence-electron chi connectivity index (χ1n) is 8.12. The molecule has 0 N–H and O–H groups in total. The Morgan fingerprint density at radius 2 is 2.08 bits per heavy atom. The molecule has 1 heterocycles. The fourth-order valence-electron chi connectivity index (χ4n) is 2.56. The molecule has 6 heteroatoms. The minimum atomic E-state index is 0.141. The van der Waals surface area contributed by atoms with Gasteiger partial charge in [0.25, 0.3) is 0 Å². The van der Waals surface area contributed by atoms with E-state index in [1.807, 2.05) is 34.7 Å². The van der Waals surface area contributed by atoms with Crippen LogP contribution < -0.4 is 0 Å². The van der Waals surface area contributed by atoms with Crippen molar-refractivity contribution in [3.63, 3.8) is 0 Å². The fourth-order valence-corrected chi connectivity index (χ4v) is 3.03. The van der Waals surface area contributed by atoms with Crippen LogP contribution >= 0.6 is 23.2 Å². The SMILES string of the molecule is CCC(=O)N(Cc1nccn1Cc1ccc(Cl)cc1Cl)CC(C)C. The van der Waals surface area contributed by atoms with Crippen LogP contribution in [0.3, 0.4) is 0 Å². The Morgan fingerprint density at radius 1 is 1.33 bits per heavy atom. The van der Waals surface area contributed by atoms with Crippen molar-refractivity contribution in [2.45, 2.75) is 40.3 Å². The summed E-state index contributed by atoms with van der Waals surface area (Å²) in [7, 11) is 0. The van der Waals surface area contributed by atoms with Gasteiger partial charge in [-0.05, 0) is 23.6 Å². The smallest absolute Gasteiger partial charge is 0.222 e. The normalized spacial score (nSPS) is 11.1. The number of benzene rings is 1. The van der Waals surface area contributed by atoms with Crippen molar-refractivity contribution >= 4 is 29.1 Å². The third-order valence-corrected chi connectivity index (χ3v) is 4.32. The summed E-state index contributed by atoms with van der Waals surface area (Å²) in [5, 5.41) is 1.25. The summed E-state index contributed by atoms with van der Waals surface area (Å²) in [5.74, 6) is 1.40. The Labute approximate surface area is 153 Å². The summed E-state index contributed by atoms with van der Waals surface area (Å²) < 4.78 is 2.02. The number of imidazole rings is 1. The quantitative estimate of drug-likeness (QED) is 0.715. The molecular formula is C18H23Cl2N3O. The number of halogens is 2. The molecule has 0 aliphatic rings. The van der Waals surface area contributed by atoms with Crippen LogP contribution in [0.15, 0.2) is 30.6 Å². The van der Waals surface area contributed by atoms with Gasteiger partial charge in [-0.1, -0.05) is 50.0 Å². The van der Waals surface area contributed by atoms with Crippen LogP contribution in [0.5, 0.6) is 0 Å². The lowest BCUT2D eigenvalue weighted by atomic mass is 10.2. The van der Waals surface area contributed by atoms with Crippen LogP contribution in [0.4, 0.5) is 0 Å². The largest absolute Gasteiger partial charge is 0.335 e. The van der Waals surface area contributed by atoms with Crippen LogP contribution in [0.2, 0.25) is 10.0 Å². The summed E-state index contributed by atoms with van der Waals surface area (Å²) in [5.41, 5.74) is 0.970. The maximum atomic E-state index is 12.2. The monoisotopic (exact) mass is 367 g/mol. The van der Waals surface area contributed by atoms with Gasteiger partial charge < -0.3 is 9.47 Å². The zero-order valence-corrected chi connectivity index (χ0v) is 15.8. The summed E-state index contributed by atoms with van der Waals surface area (Å²) in [6, 6.07) is 5.48. The molecule has 0 radical (unpaired) electrons. The number of carbonyl (C=O) groups is 1. The van der Waals surface area contributed by atoms with Gasteiger partial charge in [-0.15, -0.1) is 0 Å². The molecule has 24 heavy (non-hydrogen) atoms. The Hall–Kier alpha value is -1.52. The van der Waals surface area contributed by atoms with Gasteiger partial charge in [-0.2, -0.15) is 0 Å². The second kappa shape index (κ2) is 8.54. The summed E-state index contributed by atoms with van der Waals surface area (Å²) in [6.07, 6.45) is 4.16. The molecule has 1 amide bonds. The van der Waals surface area contributed by atoms with Crippen LogP contribution in [0.25, 0.3) is 0 Å². The minimum Gasteiger partial charge on any atom is -0.335 e. The van der Waals surface area contributed by atoms with Crippen molar-refractivity contribution in [1.82, 2.24) is 14.5 Å². The number of carbonyl (C=O) groups excluding carboxylic acids is 1. The molecule has 0 fully saturated rings. The standard InChI is InChI=1S/C18H23Cl2N3O/c1-4-18(24)23(10-13(2)3)12-17-21-7-8-22(17)11-14-5-6-15(19)9-16(14)20/h5-9,13H,4,10-12H2,1-3H3. The maximum Gasteiger partial charge on any atom is 0.222 e. The maximum absolute atomic E-state index is 12.2. The molecule has 4 nitrogen and oxygen atoms in total. The van der Waals surface area contributed by atoms with Crippen LogP contribution in [0, 0.1) is 5.92 Å². The second-order valence-corrected chi connectivity index (χ2v) is 7.07. The number of amides is 1. The summed E-state index contributed by atoms with van der Waals surface area (Å²) >= 11 is 12.2. The molecule has 0 atom stereocenters. The first kappa shape index (κ1) is 18.8. The van der Waals surface area contributed by atoms with Crippen molar-refractivity contribution < 1.29 is 4.79 Å². The highest BCUT2D eigenvalue weighted by molar-refractivity contribution is 6.35. The van der Waals surface area contributed by atoms with E-state index in [9.17, 15) is 4.79 Å². The number of rotatable bonds is 7. The van der Waals surface area contributed by atoms with E-state index in [0.29, 0.717) is 35.5 Å². The number of nitrogens with zero attached hydrogens (tertiary/aromatic N) is 3. The zero-order chi connectivity index (χ0) is 17.7. The lowest BCUT2D eigenvalue weighted by Crippen LogP contribution is -2.34. The average Bonchev–Trinajstić information content (AvgIpc) is 2.95. The highest BCUT2D eigenvalue weighted by Gasteiger charge is 2.16. The van der Waals surface area contributed by atoms with Crippen molar-refractivity contribution in [1.29, 1.82) is 0 Å². The molecule has 1 aromatic carbocycles. The van der Waals surface area contributed by atoms with Gasteiger partial charge in [-0.25, -0.2) is 4.98 Å². The van der Waals surface area contributed by atoms with Gasteiger partial charge in [0, 0.05) is 35.4 Å². The fraction of sp³-hybridized carbons (Fsp3) is 0.444. The molecule has 0 saturated carbocycles. The highest BCUT2D eigenvalue weighted by Crippen LogP contribution is 2.22. The number of hydrogen-bond acceptors (Lipinski definition) is 2. The lowest BCUT2D eigenvalue weighted by molar-refractivity contribution is -0.132. The summed E-state index contributed by atoms with van der Waals surface area (Å²) in [6.45, 7) is 7.92. The number of aromatic nitrogens is 2. The third kappa shape index (κ3) is 4.99. The van der Waals surface area contributed by atoms with Crippen LogP contribution in [-0.2, 0) is 17.9 Å². The highest BCUT2D eigenvalue weighted by atomic mass is 35.5. The van der Waals surface area contributed by atoms with E-state index in [2.05, 4.69) is 18.8 Å². The van der Waals surface area contributed by atoms with Crippen molar-refractivity contribution in [2.75, 3.05) is 6.54 Å². The molecule has 0 saturated heterocycles. The third-order valence-electron chi connectivity index (χ3n) is 3.73. The molecule has 2 aromatic rings. The molecule has 0 aliphatic carbocycles. The predicted octanol–water partition coefficient (Wildman–Crippen LogP) is 4.63. The van der Waals surface area contributed by atoms with Gasteiger partial charge in [0.05, 0.1) is 13.1 Å². The molecular weight excluding hydrogens is 345 g/mol. The van der Waals surface area contributed by atoms with E-state index in [1.165, 1.54) is 0 Å². The van der Waals surface area contributed by atoms with E-state index in [1.54, 1.807) is 12.3 Å². The first-order chi connectivity index (χ1) is 11.4. The molecule has 0 aliphatic heterocycles. The minimum absolute atomic E-state index is 0.141. The van der Waals surface area contributed by atoms with E-state index < -0.39 is 0 Å².